The molecule has 1 saturated heterocycles. The van der Waals surface area contributed by atoms with E-state index in [1.165, 1.54) is 0 Å². The number of nitrogens with zero attached hydrogens (tertiary/aromatic N) is 2. The van der Waals surface area contributed by atoms with Gasteiger partial charge in [0.2, 0.25) is 5.91 Å². The van der Waals surface area contributed by atoms with Gasteiger partial charge in [0.15, 0.2) is 5.82 Å². The van der Waals surface area contributed by atoms with Crippen LogP contribution >= 0.6 is 0 Å². The number of aromatic nitrogens is 2. The fraction of sp³-hybridized carbons (Fsp3) is 0.700. The van der Waals surface area contributed by atoms with Crippen LogP contribution < -0.4 is 10.6 Å². The van der Waals surface area contributed by atoms with E-state index in [0.717, 1.165) is 19.4 Å². The van der Waals surface area contributed by atoms with E-state index in [4.69, 9.17) is 4.52 Å². The first-order valence-electron chi connectivity index (χ1n) is 5.43. The Morgan fingerprint density at radius 2 is 2.44 bits per heavy atom. The summed E-state index contributed by atoms with van der Waals surface area (Å²) in [5.41, 5.74) is -0.388. The number of hydrogen-bond acceptors (Lipinski definition) is 5. The van der Waals surface area contributed by atoms with E-state index >= 15 is 0 Å². The number of piperidine rings is 1. The lowest BCUT2D eigenvalue weighted by Gasteiger charge is -2.31. The van der Waals surface area contributed by atoms with Gasteiger partial charge >= 0.3 is 6.01 Å². The first kappa shape index (κ1) is 11.1. The van der Waals surface area contributed by atoms with Gasteiger partial charge < -0.3 is 9.84 Å². The van der Waals surface area contributed by atoms with E-state index in [0.29, 0.717) is 12.4 Å². The third-order valence-electron chi connectivity index (χ3n) is 2.89. The summed E-state index contributed by atoms with van der Waals surface area (Å²) in [5, 5.41) is 9.49. The Labute approximate surface area is 93.8 Å². The monoisotopic (exact) mass is 224 g/mol. The standard InChI is InChI=1S/C10H16N4O2/c1-7-12-9(16-14-7)13-8(15)10(2)4-3-5-11-6-10/h11H,3-6H2,1-2H3,(H,12,13,14,15). The Bertz CT molecular complexity index is 382. The lowest BCUT2D eigenvalue weighted by atomic mass is 9.82. The number of aryl methyl sites for hydroxylation is 1. The van der Waals surface area contributed by atoms with Crippen LogP contribution in [0.5, 0.6) is 0 Å². The zero-order chi connectivity index (χ0) is 11.6. The van der Waals surface area contributed by atoms with Gasteiger partial charge in [0.1, 0.15) is 0 Å². The number of anilines is 1. The highest BCUT2D eigenvalue weighted by Crippen LogP contribution is 2.26. The molecule has 1 aromatic rings. The summed E-state index contributed by atoms with van der Waals surface area (Å²) in [5.74, 6) is 0.450. The Hall–Kier alpha value is -1.43. The van der Waals surface area contributed by atoms with Crippen LogP contribution in [-0.2, 0) is 4.79 Å². The van der Waals surface area contributed by atoms with Crippen LogP contribution in [0.4, 0.5) is 6.01 Å². The van der Waals surface area contributed by atoms with Gasteiger partial charge in [0.05, 0.1) is 5.41 Å². The minimum Gasteiger partial charge on any atom is -0.316 e. The van der Waals surface area contributed by atoms with Gasteiger partial charge in [-0.05, 0) is 33.2 Å². The molecular formula is C10H16N4O2. The van der Waals surface area contributed by atoms with Crippen LogP contribution in [0.1, 0.15) is 25.6 Å². The second kappa shape index (κ2) is 4.21. The normalized spacial score (nSPS) is 25.4. The summed E-state index contributed by atoms with van der Waals surface area (Å²) < 4.78 is 4.86. The third-order valence-corrected chi connectivity index (χ3v) is 2.89. The Morgan fingerprint density at radius 3 is 3.00 bits per heavy atom. The summed E-state index contributed by atoms with van der Waals surface area (Å²) in [7, 11) is 0. The smallest absolute Gasteiger partial charge is 0.316 e. The van der Waals surface area contributed by atoms with Gasteiger partial charge in [-0.15, -0.1) is 0 Å². The summed E-state index contributed by atoms with van der Waals surface area (Å²) in [6.07, 6.45) is 1.88. The summed E-state index contributed by atoms with van der Waals surface area (Å²) in [6.45, 7) is 5.31. The van der Waals surface area contributed by atoms with Gasteiger partial charge in [-0.3, -0.25) is 10.1 Å². The van der Waals surface area contributed by atoms with Gasteiger partial charge in [-0.2, -0.15) is 4.98 Å². The molecule has 16 heavy (non-hydrogen) atoms. The van der Waals surface area contributed by atoms with Crippen LogP contribution in [0.2, 0.25) is 0 Å². The van der Waals surface area contributed by atoms with Crippen LogP contribution in [-0.4, -0.2) is 29.1 Å². The molecule has 1 fully saturated rings. The van der Waals surface area contributed by atoms with Crippen LogP contribution in [0.25, 0.3) is 0 Å². The van der Waals surface area contributed by atoms with Gasteiger partial charge in [-0.1, -0.05) is 5.16 Å². The van der Waals surface area contributed by atoms with E-state index in [9.17, 15) is 4.79 Å². The molecule has 6 heteroatoms. The van der Waals surface area contributed by atoms with Crippen molar-refractivity contribution in [1.29, 1.82) is 0 Å². The van der Waals surface area contributed by atoms with E-state index in [1.54, 1.807) is 6.92 Å². The molecule has 88 valence electrons. The topological polar surface area (TPSA) is 80.0 Å². The lowest BCUT2D eigenvalue weighted by Crippen LogP contribution is -2.46. The van der Waals surface area contributed by atoms with Crippen molar-refractivity contribution in [3.05, 3.63) is 5.82 Å². The molecule has 6 nitrogen and oxygen atoms in total. The number of carbonyl (C=O) groups is 1. The number of hydrogen-bond donors (Lipinski definition) is 2. The molecule has 1 aliphatic heterocycles. The van der Waals surface area contributed by atoms with Crippen molar-refractivity contribution in [2.75, 3.05) is 18.4 Å². The first-order chi connectivity index (χ1) is 7.60. The second-order valence-corrected chi connectivity index (χ2v) is 4.44. The zero-order valence-electron chi connectivity index (χ0n) is 9.54. The average Bonchev–Trinajstić information content (AvgIpc) is 2.65. The van der Waals surface area contributed by atoms with Gasteiger partial charge in [0, 0.05) is 6.54 Å². The largest absolute Gasteiger partial charge is 0.328 e. The highest BCUT2D eigenvalue weighted by Gasteiger charge is 2.35. The lowest BCUT2D eigenvalue weighted by molar-refractivity contribution is -0.125. The molecule has 1 atom stereocenters. The molecule has 2 rings (SSSR count). The third kappa shape index (κ3) is 2.21. The molecule has 0 radical (unpaired) electrons. The fourth-order valence-corrected chi connectivity index (χ4v) is 1.85. The van der Waals surface area contributed by atoms with Crippen LogP contribution in [0.3, 0.4) is 0 Å². The maximum absolute atomic E-state index is 12.0. The molecule has 0 bridgehead atoms. The van der Waals surface area contributed by atoms with Crippen molar-refractivity contribution in [2.24, 2.45) is 5.41 Å². The van der Waals surface area contributed by atoms with Crippen molar-refractivity contribution >= 4 is 11.9 Å². The van der Waals surface area contributed by atoms with Gasteiger partial charge in [0.25, 0.3) is 0 Å². The van der Waals surface area contributed by atoms with E-state index < -0.39 is 0 Å². The zero-order valence-corrected chi connectivity index (χ0v) is 9.54. The number of rotatable bonds is 2. The van der Waals surface area contributed by atoms with E-state index in [-0.39, 0.29) is 17.3 Å². The van der Waals surface area contributed by atoms with Crippen molar-refractivity contribution in [1.82, 2.24) is 15.5 Å². The predicted octanol–water partition coefficient (Wildman–Crippen LogP) is 0.706. The van der Waals surface area contributed by atoms with Crippen molar-refractivity contribution in [3.8, 4) is 0 Å². The number of nitrogens with one attached hydrogen (secondary N) is 2. The van der Waals surface area contributed by atoms with E-state index in [2.05, 4.69) is 20.8 Å². The molecule has 0 saturated carbocycles. The predicted molar refractivity (Wildman–Crippen MR) is 57.9 cm³/mol. The molecule has 0 aliphatic carbocycles. The number of amides is 1. The molecule has 1 unspecified atom stereocenters. The Morgan fingerprint density at radius 1 is 1.62 bits per heavy atom. The molecule has 0 spiro atoms. The molecular weight excluding hydrogens is 208 g/mol. The highest BCUT2D eigenvalue weighted by atomic mass is 16.5. The quantitative estimate of drug-likeness (QED) is 0.773. The fourth-order valence-electron chi connectivity index (χ4n) is 1.85. The molecule has 1 aromatic heterocycles. The maximum Gasteiger partial charge on any atom is 0.328 e. The van der Waals surface area contributed by atoms with Crippen molar-refractivity contribution in [3.63, 3.8) is 0 Å². The van der Waals surface area contributed by atoms with Crippen molar-refractivity contribution < 1.29 is 9.32 Å². The van der Waals surface area contributed by atoms with Gasteiger partial charge in [-0.25, -0.2) is 0 Å². The minimum atomic E-state index is -0.388. The number of carbonyl (C=O) groups excluding carboxylic acids is 1. The molecule has 1 aliphatic rings. The molecule has 2 heterocycles. The van der Waals surface area contributed by atoms with Crippen LogP contribution in [0.15, 0.2) is 4.52 Å². The Kier molecular flexibility index (Phi) is 2.91. The SMILES string of the molecule is Cc1noc(NC(=O)C2(C)CCCNC2)n1. The molecule has 1 amide bonds. The Balaban J connectivity index is 2.01. The highest BCUT2D eigenvalue weighted by molar-refractivity contribution is 5.93. The minimum absolute atomic E-state index is 0.0663. The molecule has 2 N–H and O–H groups in total. The summed E-state index contributed by atoms with van der Waals surface area (Å²) in [6, 6.07) is 0.175. The van der Waals surface area contributed by atoms with E-state index in [1.807, 2.05) is 6.92 Å². The summed E-state index contributed by atoms with van der Waals surface area (Å²) in [4.78, 5) is 16.0. The maximum atomic E-state index is 12.0. The second-order valence-electron chi connectivity index (χ2n) is 4.44. The van der Waals surface area contributed by atoms with Crippen LogP contribution in [0, 0.1) is 12.3 Å². The molecule has 0 aromatic carbocycles. The van der Waals surface area contributed by atoms with Crippen molar-refractivity contribution in [2.45, 2.75) is 26.7 Å². The first-order valence-corrected chi connectivity index (χ1v) is 5.43. The average molecular weight is 224 g/mol. The summed E-state index contributed by atoms with van der Waals surface area (Å²) >= 11 is 0.